The molecule has 0 aliphatic carbocycles. The predicted molar refractivity (Wildman–Crippen MR) is 77.9 cm³/mol. The summed E-state index contributed by atoms with van der Waals surface area (Å²) < 4.78 is 31.5. The van der Waals surface area contributed by atoms with Gasteiger partial charge in [-0.3, -0.25) is 4.72 Å². The molecule has 1 aromatic carbocycles. The summed E-state index contributed by atoms with van der Waals surface area (Å²) in [7, 11) is -2.71. The Balaban J connectivity index is 2.40. The van der Waals surface area contributed by atoms with E-state index in [4.69, 9.17) is 11.6 Å². The quantitative estimate of drug-likeness (QED) is 0.874. The van der Waals surface area contributed by atoms with Crippen LogP contribution in [0.2, 0.25) is 5.02 Å². The van der Waals surface area contributed by atoms with Crippen LogP contribution >= 0.6 is 22.9 Å². The van der Waals surface area contributed by atoms with Crippen LogP contribution in [-0.2, 0) is 14.8 Å². The molecule has 0 saturated heterocycles. The van der Waals surface area contributed by atoms with Gasteiger partial charge in [0.25, 0.3) is 10.0 Å². The molecule has 2 aromatic rings. The molecule has 106 valence electrons. The standard InChI is InChI=1S/C12H10ClNO4S2/c1-18-12(15)8-6-19-7-11(8)20(16,17)14-10-5-3-2-4-9(10)13/h2-7,14H,1H3. The molecule has 0 saturated carbocycles. The Kier molecular flexibility index (Phi) is 4.32. The molecule has 1 N–H and O–H groups in total. The van der Waals surface area contributed by atoms with E-state index in [1.165, 1.54) is 23.9 Å². The number of carbonyl (C=O) groups is 1. The summed E-state index contributed by atoms with van der Waals surface area (Å²) in [4.78, 5) is 11.4. The highest BCUT2D eigenvalue weighted by molar-refractivity contribution is 7.93. The van der Waals surface area contributed by atoms with Crippen LogP contribution in [0.15, 0.2) is 39.9 Å². The Morgan fingerprint density at radius 3 is 2.65 bits per heavy atom. The molecule has 0 aliphatic heterocycles. The summed E-state index contributed by atoms with van der Waals surface area (Å²) in [5, 5.41) is 3.06. The lowest BCUT2D eigenvalue weighted by Crippen LogP contribution is -2.16. The van der Waals surface area contributed by atoms with Gasteiger partial charge in [0.05, 0.1) is 23.4 Å². The van der Waals surface area contributed by atoms with E-state index in [1.54, 1.807) is 18.2 Å². The lowest BCUT2D eigenvalue weighted by Gasteiger charge is -2.09. The minimum absolute atomic E-state index is 0.00273. The number of esters is 1. The third-order valence-electron chi connectivity index (χ3n) is 2.44. The van der Waals surface area contributed by atoms with E-state index in [0.29, 0.717) is 0 Å². The number of hydrogen-bond donors (Lipinski definition) is 1. The first-order valence-electron chi connectivity index (χ1n) is 5.37. The van der Waals surface area contributed by atoms with Crippen molar-refractivity contribution >= 4 is 44.6 Å². The number of thiophene rings is 1. The number of sulfonamides is 1. The van der Waals surface area contributed by atoms with Gasteiger partial charge in [0.2, 0.25) is 0 Å². The number of hydrogen-bond acceptors (Lipinski definition) is 5. The summed E-state index contributed by atoms with van der Waals surface area (Å²) in [6, 6.07) is 6.43. The first-order chi connectivity index (χ1) is 9.45. The van der Waals surface area contributed by atoms with Crippen molar-refractivity contribution in [3.05, 3.63) is 45.6 Å². The number of para-hydroxylation sites is 1. The second-order valence-corrected chi connectivity index (χ2v) is 6.53. The molecule has 0 radical (unpaired) electrons. The molecule has 5 nitrogen and oxygen atoms in total. The fraction of sp³-hybridized carbons (Fsp3) is 0.0833. The monoisotopic (exact) mass is 331 g/mol. The maximum atomic E-state index is 12.3. The highest BCUT2D eigenvalue weighted by atomic mass is 35.5. The second kappa shape index (κ2) is 5.82. The van der Waals surface area contributed by atoms with Crippen LogP contribution in [0.1, 0.15) is 10.4 Å². The van der Waals surface area contributed by atoms with E-state index in [1.807, 2.05) is 0 Å². The Labute approximate surface area is 125 Å². The van der Waals surface area contributed by atoms with Gasteiger partial charge in [0, 0.05) is 10.8 Å². The molecule has 0 spiro atoms. The number of ether oxygens (including phenoxy) is 1. The summed E-state index contributed by atoms with van der Waals surface area (Å²) in [5.74, 6) is -0.703. The van der Waals surface area contributed by atoms with Gasteiger partial charge < -0.3 is 4.74 Å². The summed E-state index contributed by atoms with van der Waals surface area (Å²) in [5.41, 5.74) is 0.244. The largest absolute Gasteiger partial charge is 0.465 e. The molecular formula is C12H10ClNO4S2. The number of halogens is 1. The van der Waals surface area contributed by atoms with Crippen molar-refractivity contribution < 1.29 is 17.9 Å². The van der Waals surface area contributed by atoms with Crippen LogP contribution in [-0.4, -0.2) is 21.5 Å². The average Bonchev–Trinajstić information content (AvgIpc) is 2.90. The van der Waals surface area contributed by atoms with Gasteiger partial charge in [-0.15, -0.1) is 0 Å². The third kappa shape index (κ3) is 2.95. The van der Waals surface area contributed by atoms with Crippen molar-refractivity contribution in [1.29, 1.82) is 0 Å². The Hall–Kier alpha value is -1.57. The third-order valence-corrected chi connectivity index (χ3v) is 5.07. The Bertz CT molecular complexity index is 739. The minimum Gasteiger partial charge on any atom is -0.465 e. The van der Waals surface area contributed by atoms with Crippen molar-refractivity contribution in [2.45, 2.75) is 4.90 Å². The number of nitrogens with one attached hydrogen (secondary N) is 1. The first kappa shape index (κ1) is 14.8. The van der Waals surface area contributed by atoms with Gasteiger partial charge in [-0.1, -0.05) is 23.7 Å². The van der Waals surface area contributed by atoms with Crippen LogP contribution in [0.3, 0.4) is 0 Å². The van der Waals surface area contributed by atoms with Gasteiger partial charge in [0.1, 0.15) is 4.90 Å². The van der Waals surface area contributed by atoms with Gasteiger partial charge >= 0.3 is 5.97 Å². The van der Waals surface area contributed by atoms with E-state index in [0.717, 1.165) is 11.3 Å². The normalized spacial score (nSPS) is 11.1. The smallest absolute Gasteiger partial charge is 0.340 e. The molecule has 1 heterocycles. The molecule has 2 rings (SSSR count). The van der Waals surface area contributed by atoms with Crippen LogP contribution in [0, 0.1) is 0 Å². The van der Waals surface area contributed by atoms with Crippen LogP contribution < -0.4 is 4.72 Å². The maximum absolute atomic E-state index is 12.3. The van der Waals surface area contributed by atoms with Crippen molar-refractivity contribution in [3.63, 3.8) is 0 Å². The molecule has 0 atom stereocenters. The lowest BCUT2D eigenvalue weighted by molar-refractivity contribution is 0.0597. The summed E-state index contributed by atoms with van der Waals surface area (Å²) in [6.07, 6.45) is 0. The van der Waals surface area contributed by atoms with Crippen molar-refractivity contribution in [1.82, 2.24) is 0 Å². The van der Waals surface area contributed by atoms with Crippen LogP contribution in [0.25, 0.3) is 0 Å². The highest BCUT2D eigenvalue weighted by Crippen LogP contribution is 2.27. The Morgan fingerprint density at radius 2 is 2.00 bits per heavy atom. The molecule has 0 aliphatic rings. The maximum Gasteiger partial charge on any atom is 0.340 e. The number of benzene rings is 1. The van der Waals surface area contributed by atoms with Crippen LogP contribution in [0.5, 0.6) is 0 Å². The molecule has 0 amide bonds. The average molecular weight is 332 g/mol. The molecule has 0 fully saturated rings. The zero-order valence-corrected chi connectivity index (χ0v) is 12.7. The number of rotatable bonds is 4. The number of methoxy groups -OCH3 is 1. The Morgan fingerprint density at radius 1 is 1.30 bits per heavy atom. The molecule has 1 aromatic heterocycles. The fourth-order valence-corrected chi connectivity index (χ4v) is 4.17. The van der Waals surface area contributed by atoms with Crippen LogP contribution in [0.4, 0.5) is 5.69 Å². The molecule has 0 bridgehead atoms. The van der Waals surface area contributed by atoms with Crippen molar-refractivity contribution in [2.75, 3.05) is 11.8 Å². The highest BCUT2D eigenvalue weighted by Gasteiger charge is 2.24. The van der Waals surface area contributed by atoms with E-state index in [9.17, 15) is 13.2 Å². The lowest BCUT2D eigenvalue weighted by atomic mass is 10.3. The van der Waals surface area contributed by atoms with Crippen molar-refractivity contribution in [2.24, 2.45) is 0 Å². The second-order valence-electron chi connectivity index (χ2n) is 3.73. The van der Waals surface area contributed by atoms with Gasteiger partial charge in [-0.05, 0) is 12.1 Å². The fourth-order valence-electron chi connectivity index (χ4n) is 1.50. The molecular weight excluding hydrogens is 322 g/mol. The van der Waals surface area contributed by atoms with E-state index in [-0.39, 0.29) is 21.2 Å². The van der Waals surface area contributed by atoms with E-state index >= 15 is 0 Å². The van der Waals surface area contributed by atoms with Crippen molar-refractivity contribution in [3.8, 4) is 0 Å². The summed E-state index contributed by atoms with van der Waals surface area (Å²) in [6.45, 7) is 0. The van der Waals surface area contributed by atoms with E-state index < -0.39 is 16.0 Å². The van der Waals surface area contributed by atoms with Gasteiger partial charge in [-0.25, -0.2) is 13.2 Å². The van der Waals surface area contributed by atoms with E-state index in [2.05, 4.69) is 9.46 Å². The first-order valence-corrected chi connectivity index (χ1v) is 8.18. The number of anilines is 1. The zero-order valence-electron chi connectivity index (χ0n) is 10.3. The molecule has 20 heavy (non-hydrogen) atoms. The predicted octanol–water partition coefficient (Wildman–Crippen LogP) is 2.99. The topological polar surface area (TPSA) is 72.5 Å². The van der Waals surface area contributed by atoms with Gasteiger partial charge in [0.15, 0.2) is 0 Å². The SMILES string of the molecule is COC(=O)c1cscc1S(=O)(=O)Nc1ccccc1Cl. The minimum atomic E-state index is -3.90. The van der Waals surface area contributed by atoms with Gasteiger partial charge in [-0.2, -0.15) is 11.3 Å². The zero-order chi connectivity index (χ0) is 14.8. The molecule has 0 unspecified atom stereocenters. The summed E-state index contributed by atoms with van der Waals surface area (Å²) >= 11 is 7.00. The molecule has 8 heteroatoms. The number of carbonyl (C=O) groups excluding carboxylic acids is 1.